The van der Waals surface area contributed by atoms with Crippen LogP contribution in [-0.4, -0.2) is 37.1 Å². The first kappa shape index (κ1) is 14.3. The van der Waals surface area contributed by atoms with E-state index in [1.54, 1.807) is 0 Å². The molecule has 1 unspecified atom stereocenters. The van der Waals surface area contributed by atoms with Crippen molar-refractivity contribution in [3.8, 4) is 0 Å². The van der Waals surface area contributed by atoms with E-state index in [0.29, 0.717) is 0 Å². The summed E-state index contributed by atoms with van der Waals surface area (Å²) in [5, 5.41) is 3.74. The minimum absolute atomic E-state index is 0.838. The van der Waals surface area contributed by atoms with Crippen LogP contribution in [0, 0.1) is 5.92 Å². The molecule has 0 amide bonds. The lowest BCUT2D eigenvalue weighted by Gasteiger charge is -2.21. The van der Waals surface area contributed by atoms with Gasteiger partial charge in [0.15, 0.2) is 0 Å². The van der Waals surface area contributed by atoms with Gasteiger partial charge in [-0.15, -0.1) is 0 Å². The van der Waals surface area contributed by atoms with Gasteiger partial charge in [-0.25, -0.2) is 0 Å². The number of likely N-dealkylation sites (tertiary alicyclic amines) is 1. The molecule has 2 aliphatic rings. The van der Waals surface area contributed by atoms with Crippen LogP contribution in [0.2, 0.25) is 0 Å². The molecule has 0 radical (unpaired) electrons. The van der Waals surface area contributed by atoms with Gasteiger partial charge >= 0.3 is 0 Å². The van der Waals surface area contributed by atoms with Gasteiger partial charge in [0, 0.05) is 19.1 Å². The zero-order chi connectivity index (χ0) is 12.6. The SMILES string of the molecule is CCCC1CCCN(CCNC2CCCC2)CC1. The molecule has 0 spiro atoms. The molecule has 0 aromatic carbocycles. The van der Waals surface area contributed by atoms with Gasteiger partial charge in [-0.1, -0.05) is 32.6 Å². The third-order valence-corrected chi connectivity index (χ3v) is 4.85. The van der Waals surface area contributed by atoms with Gasteiger partial charge in [0.05, 0.1) is 0 Å². The van der Waals surface area contributed by atoms with Crippen LogP contribution in [0.25, 0.3) is 0 Å². The van der Waals surface area contributed by atoms with Crippen molar-refractivity contribution in [3.05, 3.63) is 0 Å². The molecule has 1 aliphatic carbocycles. The Bertz CT molecular complexity index is 211. The molecule has 1 aliphatic heterocycles. The predicted molar refractivity (Wildman–Crippen MR) is 78.9 cm³/mol. The molecule has 2 fully saturated rings. The van der Waals surface area contributed by atoms with E-state index >= 15 is 0 Å². The maximum absolute atomic E-state index is 3.74. The molecule has 2 heteroatoms. The first-order chi connectivity index (χ1) is 8.88. The summed E-state index contributed by atoms with van der Waals surface area (Å²) in [6, 6.07) is 0.838. The Morgan fingerprint density at radius 2 is 1.83 bits per heavy atom. The van der Waals surface area contributed by atoms with Crippen molar-refractivity contribution in [3.63, 3.8) is 0 Å². The van der Waals surface area contributed by atoms with Crippen molar-refractivity contribution in [2.75, 3.05) is 26.2 Å². The van der Waals surface area contributed by atoms with E-state index in [2.05, 4.69) is 17.1 Å². The van der Waals surface area contributed by atoms with Crippen LogP contribution in [0.15, 0.2) is 0 Å². The Labute approximate surface area is 114 Å². The summed E-state index contributed by atoms with van der Waals surface area (Å²) < 4.78 is 0. The van der Waals surface area contributed by atoms with Crippen molar-refractivity contribution in [1.29, 1.82) is 0 Å². The van der Waals surface area contributed by atoms with E-state index in [1.165, 1.54) is 84.0 Å². The maximum Gasteiger partial charge on any atom is 0.0107 e. The number of nitrogens with zero attached hydrogens (tertiary/aromatic N) is 1. The number of nitrogens with one attached hydrogen (secondary N) is 1. The van der Waals surface area contributed by atoms with Crippen LogP contribution in [0.1, 0.15) is 64.7 Å². The first-order valence-electron chi connectivity index (χ1n) is 8.34. The van der Waals surface area contributed by atoms with E-state index in [4.69, 9.17) is 0 Å². The molecule has 18 heavy (non-hydrogen) atoms. The molecule has 1 N–H and O–H groups in total. The normalized spacial score (nSPS) is 27.5. The molecular formula is C16H32N2. The van der Waals surface area contributed by atoms with Gasteiger partial charge in [0.25, 0.3) is 0 Å². The largest absolute Gasteiger partial charge is 0.313 e. The molecule has 1 atom stereocenters. The third kappa shape index (κ3) is 4.89. The highest BCUT2D eigenvalue weighted by molar-refractivity contribution is 4.75. The quantitative estimate of drug-likeness (QED) is 0.779. The summed E-state index contributed by atoms with van der Waals surface area (Å²) in [6.45, 7) is 7.50. The summed E-state index contributed by atoms with van der Waals surface area (Å²) >= 11 is 0. The summed E-state index contributed by atoms with van der Waals surface area (Å²) in [6.07, 6.45) is 12.9. The summed E-state index contributed by atoms with van der Waals surface area (Å²) in [5.74, 6) is 1.02. The molecule has 1 saturated carbocycles. The second-order valence-electron chi connectivity index (χ2n) is 6.36. The summed E-state index contributed by atoms with van der Waals surface area (Å²) in [7, 11) is 0. The van der Waals surface area contributed by atoms with Crippen molar-refractivity contribution in [2.45, 2.75) is 70.8 Å². The number of rotatable bonds is 6. The average Bonchev–Trinajstić information content (AvgIpc) is 2.78. The van der Waals surface area contributed by atoms with Crippen LogP contribution in [0.4, 0.5) is 0 Å². The molecule has 0 bridgehead atoms. The average molecular weight is 252 g/mol. The smallest absolute Gasteiger partial charge is 0.0107 e. The standard InChI is InChI=1S/C16H32N2/c1-2-6-15-7-5-12-18(13-10-15)14-11-17-16-8-3-4-9-16/h15-17H,2-14H2,1H3. The van der Waals surface area contributed by atoms with Gasteiger partial charge in [-0.2, -0.15) is 0 Å². The van der Waals surface area contributed by atoms with E-state index in [-0.39, 0.29) is 0 Å². The Kier molecular flexibility index (Phi) is 6.50. The monoisotopic (exact) mass is 252 g/mol. The van der Waals surface area contributed by atoms with E-state index in [9.17, 15) is 0 Å². The highest BCUT2D eigenvalue weighted by atomic mass is 15.1. The lowest BCUT2D eigenvalue weighted by molar-refractivity contribution is 0.274. The van der Waals surface area contributed by atoms with Gasteiger partial charge in [-0.3, -0.25) is 0 Å². The maximum atomic E-state index is 3.74. The minimum atomic E-state index is 0.838. The van der Waals surface area contributed by atoms with E-state index in [1.807, 2.05) is 0 Å². The summed E-state index contributed by atoms with van der Waals surface area (Å²) in [4.78, 5) is 2.69. The van der Waals surface area contributed by atoms with Gasteiger partial charge in [0.1, 0.15) is 0 Å². The predicted octanol–water partition coefficient (Wildman–Crippen LogP) is 3.42. The van der Waals surface area contributed by atoms with E-state index in [0.717, 1.165) is 12.0 Å². The van der Waals surface area contributed by atoms with Crippen molar-refractivity contribution in [1.82, 2.24) is 10.2 Å². The third-order valence-electron chi connectivity index (χ3n) is 4.85. The molecular weight excluding hydrogens is 220 g/mol. The first-order valence-corrected chi connectivity index (χ1v) is 8.34. The molecule has 106 valence electrons. The Morgan fingerprint density at radius 1 is 1.00 bits per heavy atom. The van der Waals surface area contributed by atoms with Crippen LogP contribution >= 0.6 is 0 Å². The molecule has 1 heterocycles. The van der Waals surface area contributed by atoms with Crippen LogP contribution in [-0.2, 0) is 0 Å². The Morgan fingerprint density at radius 3 is 2.61 bits per heavy atom. The summed E-state index contributed by atoms with van der Waals surface area (Å²) in [5.41, 5.74) is 0. The molecule has 1 saturated heterocycles. The van der Waals surface area contributed by atoms with E-state index < -0.39 is 0 Å². The van der Waals surface area contributed by atoms with Crippen molar-refractivity contribution >= 4 is 0 Å². The highest BCUT2D eigenvalue weighted by Gasteiger charge is 2.17. The molecule has 0 aromatic heterocycles. The number of hydrogen-bond acceptors (Lipinski definition) is 2. The fourth-order valence-corrected chi connectivity index (χ4v) is 3.70. The highest BCUT2D eigenvalue weighted by Crippen LogP contribution is 2.21. The van der Waals surface area contributed by atoms with Crippen LogP contribution in [0.5, 0.6) is 0 Å². The zero-order valence-electron chi connectivity index (χ0n) is 12.3. The molecule has 0 aromatic rings. The Balaban J connectivity index is 1.58. The van der Waals surface area contributed by atoms with Gasteiger partial charge in [0.2, 0.25) is 0 Å². The van der Waals surface area contributed by atoms with Crippen molar-refractivity contribution < 1.29 is 0 Å². The van der Waals surface area contributed by atoms with Crippen LogP contribution < -0.4 is 5.32 Å². The van der Waals surface area contributed by atoms with Gasteiger partial charge < -0.3 is 10.2 Å². The van der Waals surface area contributed by atoms with Crippen molar-refractivity contribution in [2.24, 2.45) is 5.92 Å². The zero-order valence-corrected chi connectivity index (χ0v) is 12.3. The lowest BCUT2D eigenvalue weighted by Crippen LogP contribution is -2.36. The second-order valence-corrected chi connectivity index (χ2v) is 6.36. The van der Waals surface area contributed by atoms with Gasteiger partial charge in [-0.05, 0) is 51.1 Å². The number of hydrogen-bond donors (Lipinski definition) is 1. The Hall–Kier alpha value is -0.0800. The molecule has 2 rings (SSSR count). The fourth-order valence-electron chi connectivity index (χ4n) is 3.70. The van der Waals surface area contributed by atoms with Crippen LogP contribution in [0.3, 0.4) is 0 Å². The molecule has 2 nitrogen and oxygen atoms in total. The lowest BCUT2D eigenvalue weighted by atomic mass is 9.96. The fraction of sp³-hybridized carbons (Fsp3) is 1.00. The topological polar surface area (TPSA) is 15.3 Å². The minimum Gasteiger partial charge on any atom is -0.313 e. The second kappa shape index (κ2) is 8.16.